The zero-order valence-electron chi connectivity index (χ0n) is 8.66. The minimum Gasteiger partial charge on any atom is -0.273 e. The molecule has 1 aromatic rings. The number of nitro groups is 1. The molecule has 2 amide bonds. The summed E-state index contributed by atoms with van der Waals surface area (Å²) in [5.41, 5.74) is -0.186. The Morgan fingerprint density at radius 3 is 2.35 bits per heavy atom. The molecule has 1 aliphatic heterocycles. The minimum absolute atomic E-state index is 0.0489. The van der Waals surface area contributed by atoms with E-state index in [4.69, 9.17) is 0 Å². The number of carbonyl (C=O) groups is 2. The van der Waals surface area contributed by atoms with E-state index in [-0.39, 0.29) is 22.9 Å². The number of imide groups is 1. The van der Waals surface area contributed by atoms with Gasteiger partial charge in [0.2, 0.25) is 11.8 Å². The largest absolute Gasteiger partial charge is 0.293 e. The zero-order chi connectivity index (χ0) is 12.4. The Labute approximate surface area is 101 Å². The number of amides is 2. The molecule has 0 bridgehead atoms. The molecule has 1 fully saturated rings. The van der Waals surface area contributed by atoms with Gasteiger partial charge < -0.3 is 0 Å². The maximum atomic E-state index is 11.6. The number of anilines is 1. The average Bonchev–Trinajstić information content (AvgIpc) is 2.29. The molecule has 0 atom stereocenters. The van der Waals surface area contributed by atoms with Crippen LogP contribution in [0.25, 0.3) is 0 Å². The van der Waals surface area contributed by atoms with Gasteiger partial charge >= 0.3 is 0 Å². The highest BCUT2D eigenvalue weighted by molar-refractivity contribution is 8.00. The van der Waals surface area contributed by atoms with Crippen LogP contribution in [-0.4, -0.2) is 28.2 Å². The van der Waals surface area contributed by atoms with Crippen molar-refractivity contribution in [1.29, 1.82) is 0 Å². The lowest BCUT2D eigenvalue weighted by atomic mass is 10.2. The summed E-state index contributed by atoms with van der Waals surface area (Å²) in [6.07, 6.45) is 0. The molecule has 0 saturated carbocycles. The predicted molar refractivity (Wildman–Crippen MR) is 62.9 cm³/mol. The third-order valence-electron chi connectivity index (χ3n) is 2.27. The first kappa shape index (κ1) is 11.6. The quantitative estimate of drug-likeness (QED) is 0.449. The van der Waals surface area contributed by atoms with Gasteiger partial charge in [-0.3, -0.25) is 19.7 Å². The lowest BCUT2D eigenvalue weighted by Gasteiger charge is -2.23. The fourth-order valence-corrected chi connectivity index (χ4v) is 2.28. The van der Waals surface area contributed by atoms with Gasteiger partial charge in [0, 0.05) is 6.07 Å². The van der Waals surface area contributed by atoms with E-state index in [1.165, 1.54) is 30.0 Å². The Bertz CT molecular complexity index is 487. The molecule has 1 heterocycles. The number of hydrogen-bond donors (Lipinski definition) is 0. The summed E-state index contributed by atoms with van der Waals surface area (Å²) in [4.78, 5) is 34.4. The molecule has 1 aromatic carbocycles. The number of para-hydroxylation sites is 2. The second-order valence-electron chi connectivity index (χ2n) is 3.36. The van der Waals surface area contributed by atoms with Gasteiger partial charge in [0.15, 0.2) is 0 Å². The fourth-order valence-electron chi connectivity index (χ4n) is 1.57. The number of hydrogen-bond acceptors (Lipinski definition) is 5. The Kier molecular flexibility index (Phi) is 3.10. The third-order valence-corrected chi connectivity index (χ3v) is 3.17. The van der Waals surface area contributed by atoms with Crippen molar-refractivity contribution in [2.75, 3.05) is 16.4 Å². The molecule has 0 N–H and O–H groups in total. The monoisotopic (exact) mass is 252 g/mol. The van der Waals surface area contributed by atoms with E-state index in [0.717, 1.165) is 4.90 Å². The van der Waals surface area contributed by atoms with Crippen LogP contribution in [0.4, 0.5) is 11.4 Å². The SMILES string of the molecule is O=C1CSCC(=O)N1c1ccccc1[N+](=O)[O-]. The maximum absolute atomic E-state index is 11.6. The summed E-state index contributed by atoms with van der Waals surface area (Å²) >= 11 is 1.21. The van der Waals surface area contributed by atoms with Crippen molar-refractivity contribution >= 4 is 35.0 Å². The van der Waals surface area contributed by atoms with Gasteiger partial charge in [-0.2, -0.15) is 0 Å². The Morgan fingerprint density at radius 2 is 1.76 bits per heavy atom. The van der Waals surface area contributed by atoms with Crippen molar-refractivity contribution in [3.63, 3.8) is 0 Å². The molecule has 1 saturated heterocycles. The average molecular weight is 252 g/mol. The summed E-state index contributed by atoms with van der Waals surface area (Å²) in [5.74, 6) is -0.503. The van der Waals surface area contributed by atoms with Gasteiger partial charge in [0.1, 0.15) is 5.69 Å². The molecule has 2 rings (SSSR count). The van der Waals surface area contributed by atoms with Crippen molar-refractivity contribution in [2.45, 2.75) is 0 Å². The van der Waals surface area contributed by atoms with Gasteiger partial charge in [-0.05, 0) is 6.07 Å². The van der Waals surface area contributed by atoms with Gasteiger partial charge in [-0.1, -0.05) is 12.1 Å². The molecule has 0 aromatic heterocycles. The summed E-state index contributed by atoms with van der Waals surface area (Å²) in [6.45, 7) is 0. The van der Waals surface area contributed by atoms with Crippen molar-refractivity contribution in [3.8, 4) is 0 Å². The molecule has 0 spiro atoms. The van der Waals surface area contributed by atoms with E-state index in [1.54, 1.807) is 6.07 Å². The molecule has 0 radical (unpaired) electrons. The standard InChI is InChI=1S/C10H8N2O4S/c13-9-5-17-6-10(14)11(9)7-3-1-2-4-8(7)12(15)16/h1-4H,5-6H2. The van der Waals surface area contributed by atoms with Crippen LogP contribution in [-0.2, 0) is 9.59 Å². The summed E-state index contributed by atoms with van der Waals surface area (Å²) in [6, 6.07) is 5.74. The van der Waals surface area contributed by atoms with Crippen LogP contribution in [0.5, 0.6) is 0 Å². The molecule has 17 heavy (non-hydrogen) atoms. The molecule has 7 heteroatoms. The smallest absolute Gasteiger partial charge is 0.273 e. The van der Waals surface area contributed by atoms with Crippen molar-refractivity contribution < 1.29 is 14.5 Å². The van der Waals surface area contributed by atoms with Crippen LogP contribution in [0.1, 0.15) is 0 Å². The van der Waals surface area contributed by atoms with Gasteiger partial charge in [-0.15, -0.1) is 11.8 Å². The number of nitrogens with zero attached hydrogens (tertiary/aromatic N) is 2. The fraction of sp³-hybridized carbons (Fsp3) is 0.200. The van der Waals surface area contributed by atoms with Gasteiger partial charge in [0.25, 0.3) is 5.69 Å². The summed E-state index contributed by atoms with van der Waals surface area (Å²) in [7, 11) is 0. The Hall–Kier alpha value is -1.89. The molecule has 6 nitrogen and oxygen atoms in total. The second kappa shape index (κ2) is 4.54. The molecule has 1 aliphatic rings. The van der Waals surface area contributed by atoms with E-state index in [9.17, 15) is 19.7 Å². The van der Waals surface area contributed by atoms with Crippen LogP contribution in [0.15, 0.2) is 24.3 Å². The first-order chi connectivity index (χ1) is 8.11. The van der Waals surface area contributed by atoms with E-state index in [0.29, 0.717) is 0 Å². The topological polar surface area (TPSA) is 80.5 Å². The van der Waals surface area contributed by atoms with Crippen molar-refractivity contribution in [2.24, 2.45) is 0 Å². The maximum Gasteiger partial charge on any atom is 0.293 e. The lowest BCUT2D eigenvalue weighted by Crippen LogP contribution is -2.43. The molecule has 0 unspecified atom stereocenters. The van der Waals surface area contributed by atoms with Crippen LogP contribution in [0, 0.1) is 10.1 Å². The van der Waals surface area contributed by atoms with Gasteiger partial charge in [-0.25, -0.2) is 4.90 Å². The number of carbonyl (C=O) groups excluding carboxylic acids is 2. The normalized spacial score (nSPS) is 16.1. The van der Waals surface area contributed by atoms with Crippen LogP contribution in [0.3, 0.4) is 0 Å². The highest BCUT2D eigenvalue weighted by Crippen LogP contribution is 2.30. The van der Waals surface area contributed by atoms with Crippen LogP contribution >= 0.6 is 11.8 Å². The van der Waals surface area contributed by atoms with E-state index in [1.807, 2.05) is 0 Å². The minimum atomic E-state index is -0.600. The molecule has 0 aliphatic carbocycles. The molecule has 88 valence electrons. The van der Waals surface area contributed by atoms with E-state index >= 15 is 0 Å². The lowest BCUT2D eigenvalue weighted by molar-refractivity contribution is -0.384. The van der Waals surface area contributed by atoms with Gasteiger partial charge in [0.05, 0.1) is 16.4 Å². The highest BCUT2D eigenvalue weighted by Gasteiger charge is 2.32. The Morgan fingerprint density at radius 1 is 1.18 bits per heavy atom. The number of rotatable bonds is 2. The second-order valence-corrected chi connectivity index (χ2v) is 4.35. The number of benzene rings is 1. The summed E-state index contributed by atoms with van der Waals surface area (Å²) < 4.78 is 0. The molecular formula is C10H8N2O4S. The number of thioether (sulfide) groups is 1. The van der Waals surface area contributed by atoms with E-state index in [2.05, 4.69) is 0 Å². The van der Waals surface area contributed by atoms with Crippen LogP contribution in [0.2, 0.25) is 0 Å². The van der Waals surface area contributed by atoms with Crippen molar-refractivity contribution in [3.05, 3.63) is 34.4 Å². The first-order valence-electron chi connectivity index (χ1n) is 4.78. The Balaban J connectivity index is 2.48. The summed E-state index contributed by atoms with van der Waals surface area (Å²) in [5, 5.41) is 10.8. The molecular weight excluding hydrogens is 244 g/mol. The zero-order valence-corrected chi connectivity index (χ0v) is 9.48. The van der Waals surface area contributed by atoms with Crippen molar-refractivity contribution in [1.82, 2.24) is 0 Å². The van der Waals surface area contributed by atoms with E-state index < -0.39 is 16.7 Å². The first-order valence-corrected chi connectivity index (χ1v) is 5.93. The predicted octanol–water partition coefficient (Wildman–Crippen LogP) is 1.20. The number of nitro benzene ring substituents is 1. The van der Waals surface area contributed by atoms with Crippen LogP contribution < -0.4 is 4.90 Å². The third kappa shape index (κ3) is 2.14. The highest BCUT2D eigenvalue weighted by atomic mass is 32.2.